The third-order valence-electron chi connectivity index (χ3n) is 2.15. The molecule has 0 unspecified atom stereocenters. The summed E-state index contributed by atoms with van der Waals surface area (Å²) in [6.45, 7) is 0. The molecule has 0 saturated carbocycles. The summed E-state index contributed by atoms with van der Waals surface area (Å²) in [5.74, 6) is 0.120. The number of anilines is 2. The average molecular weight is 292 g/mol. The number of hydrogen-bond donors (Lipinski definition) is 2. The van der Waals surface area contributed by atoms with Gasteiger partial charge in [0.2, 0.25) is 0 Å². The molecule has 0 aliphatic carbocycles. The fraction of sp³-hybridized carbons (Fsp3) is 0. The van der Waals surface area contributed by atoms with Crippen LogP contribution in [0, 0.1) is 0 Å². The lowest BCUT2D eigenvalue weighted by Gasteiger charge is -2.05. The van der Waals surface area contributed by atoms with Gasteiger partial charge in [0.15, 0.2) is 0 Å². The summed E-state index contributed by atoms with van der Waals surface area (Å²) < 4.78 is 0.962. The van der Waals surface area contributed by atoms with Crippen LogP contribution in [-0.4, -0.2) is 10.9 Å². The lowest BCUT2D eigenvalue weighted by molar-refractivity contribution is 0.102. The van der Waals surface area contributed by atoms with Gasteiger partial charge in [-0.3, -0.25) is 4.79 Å². The van der Waals surface area contributed by atoms with Crippen LogP contribution < -0.4 is 11.1 Å². The Hall–Kier alpha value is -1.88. The van der Waals surface area contributed by atoms with E-state index in [-0.39, 0.29) is 5.91 Å². The monoisotopic (exact) mass is 291 g/mol. The summed E-state index contributed by atoms with van der Waals surface area (Å²) in [4.78, 5) is 15.7. The molecule has 1 aromatic heterocycles. The van der Waals surface area contributed by atoms with Crippen LogP contribution in [0.5, 0.6) is 0 Å². The van der Waals surface area contributed by atoms with Crippen molar-refractivity contribution in [3.8, 4) is 0 Å². The van der Waals surface area contributed by atoms with Crippen molar-refractivity contribution in [3.63, 3.8) is 0 Å². The second kappa shape index (κ2) is 4.97. The molecule has 3 N–H and O–H groups in total. The number of nitrogens with one attached hydrogen (secondary N) is 1. The summed E-state index contributed by atoms with van der Waals surface area (Å²) in [5, 5.41) is 2.77. The van der Waals surface area contributed by atoms with Crippen molar-refractivity contribution >= 4 is 33.3 Å². The molecular weight excluding hydrogens is 282 g/mol. The number of carbonyl (C=O) groups is 1. The predicted molar refractivity (Wildman–Crippen MR) is 70.7 cm³/mol. The molecule has 0 atom stereocenters. The number of carbonyl (C=O) groups excluding carboxylic acids is 1. The molecule has 17 heavy (non-hydrogen) atoms. The third kappa shape index (κ3) is 3.04. The van der Waals surface area contributed by atoms with Gasteiger partial charge in [0, 0.05) is 21.9 Å². The van der Waals surface area contributed by atoms with E-state index in [1.807, 2.05) is 24.3 Å². The normalized spacial score (nSPS) is 9.94. The number of hydrogen-bond acceptors (Lipinski definition) is 3. The first-order valence-corrected chi connectivity index (χ1v) is 5.73. The van der Waals surface area contributed by atoms with Crippen LogP contribution in [0.4, 0.5) is 11.5 Å². The Labute approximate surface area is 107 Å². The van der Waals surface area contributed by atoms with Crippen molar-refractivity contribution in [1.82, 2.24) is 4.98 Å². The second-order valence-corrected chi connectivity index (χ2v) is 4.35. The lowest BCUT2D eigenvalue weighted by Crippen LogP contribution is -2.12. The van der Waals surface area contributed by atoms with E-state index < -0.39 is 0 Å². The maximum Gasteiger partial charge on any atom is 0.255 e. The van der Waals surface area contributed by atoms with Gasteiger partial charge >= 0.3 is 0 Å². The van der Waals surface area contributed by atoms with Crippen molar-refractivity contribution in [2.45, 2.75) is 0 Å². The Morgan fingerprint density at radius 1 is 1.24 bits per heavy atom. The molecule has 0 spiro atoms. The van der Waals surface area contributed by atoms with E-state index in [1.54, 1.807) is 6.07 Å². The first-order valence-electron chi connectivity index (χ1n) is 4.93. The van der Waals surface area contributed by atoms with Gasteiger partial charge in [-0.25, -0.2) is 4.98 Å². The van der Waals surface area contributed by atoms with Crippen molar-refractivity contribution < 1.29 is 4.79 Å². The maximum absolute atomic E-state index is 11.8. The van der Waals surface area contributed by atoms with Crippen molar-refractivity contribution in [1.29, 1.82) is 0 Å². The highest BCUT2D eigenvalue weighted by atomic mass is 79.9. The molecule has 1 aromatic carbocycles. The number of aromatic nitrogens is 1. The fourth-order valence-corrected chi connectivity index (χ4v) is 1.59. The zero-order chi connectivity index (χ0) is 12.3. The molecule has 4 nitrogen and oxygen atoms in total. The van der Waals surface area contributed by atoms with Gasteiger partial charge in [0.1, 0.15) is 5.82 Å². The Balaban J connectivity index is 2.14. The minimum absolute atomic E-state index is 0.207. The maximum atomic E-state index is 11.8. The number of nitrogen functional groups attached to an aromatic ring is 1. The average Bonchev–Trinajstić information content (AvgIpc) is 2.32. The Morgan fingerprint density at radius 3 is 2.59 bits per heavy atom. The van der Waals surface area contributed by atoms with Crippen molar-refractivity contribution in [3.05, 3.63) is 52.6 Å². The first kappa shape index (κ1) is 11.6. The van der Waals surface area contributed by atoms with Crippen LogP contribution in [0.3, 0.4) is 0 Å². The number of halogens is 1. The Kier molecular flexibility index (Phi) is 3.39. The molecule has 1 heterocycles. The molecule has 0 radical (unpaired) electrons. The summed E-state index contributed by atoms with van der Waals surface area (Å²) in [7, 11) is 0. The molecule has 2 rings (SSSR count). The molecule has 2 aromatic rings. The minimum atomic E-state index is -0.207. The van der Waals surface area contributed by atoms with Gasteiger partial charge in [0.05, 0.1) is 0 Å². The van der Waals surface area contributed by atoms with E-state index in [9.17, 15) is 4.79 Å². The third-order valence-corrected chi connectivity index (χ3v) is 2.67. The summed E-state index contributed by atoms with van der Waals surface area (Å²) in [6, 6.07) is 10.5. The second-order valence-electron chi connectivity index (χ2n) is 3.43. The van der Waals surface area contributed by atoms with Crippen LogP contribution >= 0.6 is 15.9 Å². The number of amides is 1. The number of rotatable bonds is 2. The summed E-state index contributed by atoms with van der Waals surface area (Å²) in [6.07, 6.45) is 1.51. The quantitative estimate of drug-likeness (QED) is 0.894. The number of pyridine rings is 1. The molecule has 0 aliphatic heterocycles. The number of nitrogens with two attached hydrogens (primary N) is 1. The Bertz CT molecular complexity index is 540. The van der Waals surface area contributed by atoms with Gasteiger partial charge in [-0.2, -0.15) is 0 Å². The van der Waals surface area contributed by atoms with E-state index in [1.165, 1.54) is 12.3 Å². The molecule has 86 valence electrons. The van der Waals surface area contributed by atoms with Crippen LogP contribution in [0.1, 0.15) is 10.4 Å². The first-order chi connectivity index (χ1) is 8.15. The van der Waals surface area contributed by atoms with E-state index in [0.717, 1.165) is 10.2 Å². The summed E-state index contributed by atoms with van der Waals surface area (Å²) in [5.41, 5.74) is 6.73. The molecular formula is C12H10BrN3O. The van der Waals surface area contributed by atoms with E-state index in [4.69, 9.17) is 5.73 Å². The molecule has 0 bridgehead atoms. The SMILES string of the molecule is Nc1cc(C(=O)Nc2ccc(Br)cc2)ccn1. The molecule has 1 amide bonds. The summed E-state index contributed by atoms with van der Waals surface area (Å²) >= 11 is 3.33. The topological polar surface area (TPSA) is 68.0 Å². The number of nitrogens with zero attached hydrogens (tertiary/aromatic N) is 1. The highest BCUT2D eigenvalue weighted by Crippen LogP contribution is 2.15. The highest BCUT2D eigenvalue weighted by molar-refractivity contribution is 9.10. The minimum Gasteiger partial charge on any atom is -0.384 e. The van der Waals surface area contributed by atoms with Gasteiger partial charge < -0.3 is 11.1 Å². The van der Waals surface area contributed by atoms with Gasteiger partial charge in [0.25, 0.3) is 5.91 Å². The smallest absolute Gasteiger partial charge is 0.255 e. The standard InChI is InChI=1S/C12H10BrN3O/c13-9-1-3-10(4-2-9)16-12(17)8-5-6-15-11(14)7-8/h1-7H,(H2,14,15)(H,16,17). The predicted octanol–water partition coefficient (Wildman–Crippen LogP) is 2.68. The van der Waals surface area contributed by atoms with Crippen LogP contribution in [0.25, 0.3) is 0 Å². The van der Waals surface area contributed by atoms with E-state index in [0.29, 0.717) is 11.4 Å². The van der Waals surface area contributed by atoms with Gasteiger partial charge in [-0.05, 0) is 36.4 Å². The molecule has 0 saturated heterocycles. The van der Waals surface area contributed by atoms with E-state index >= 15 is 0 Å². The van der Waals surface area contributed by atoms with Crippen molar-refractivity contribution in [2.24, 2.45) is 0 Å². The molecule has 0 fully saturated rings. The van der Waals surface area contributed by atoms with Gasteiger partial charge in [-0.15, -0.1) is 0 Å². The van der Waals surface area contributed by atoms with E-state index in [2.05, 4.69) is 26.2 Å². The largest absolute Gasteiger partial charge is 0.384 e. The fourth-order valence-electron chi connectivity index (χ4n) is 1.33. The Morgan fingerprint density at radius 2 is 1.94 bits per heavy atom. The van der Waals surface area contributed by atoms with Crippen molar-refractivity contribution in [2.75, 3.05) is 11.1 Å². The van der Waals surface area contributed by atoms with Crippen LogP contribution in [0.15, 0.2) is 47.1 Å². The lowest BCUT2D eigenvalue weighted by atomic mass is 10.2. The molecule has 5 heteroatoms. The zero-order valence-corrected chi connectivity index (χ0v) is 10.4. The molecule has 0 aliphatic rings. The zero-order valence-electron chi connectivity index (χ0n) is 8.85. The van der Waals surface area contributed by atoms with Gasteiger partial charge in [-0.1, -0.05) is 15.9 Å². The van der Waals surface area contributed by atoms with Crippen LogP contribution in [0.2, 0.25) is 0 Å². The number of benzene rings is 1. The highest BCUT2D eigenvalue weighted by Gasteiger charge is 2.06. The van der Waals surface area contributed by atoms with Crippen LogP contribution in [-0.2, 0) is 0 Å².